The Bertz CT molecular complexity index is 344. The summed E-state index contributed by atoms with van der Waals surface area (Å²) in [7, 11) is 3.97. The van der Waals surface area contributed by atoms with Gasteiger partial charge in [-0.25, -0.2) is 5.01 Å². The molecule has 0 saturated heterocycles. The Morgan fingerprint density at radius 3 is 2.54 bits per heavy atom. The van der Waals surface area contributed by atoms with Gasteiger partial charge in [0, 0.05) is 14.1 Å². The van der Waals surface area contributed by atoms with E-state index in [0.717, 1.165) is 0 Å². The molecule has 1 aliphatic rings. The van der Waals surface area contributed by atoms with E-state index >= 15 is 0 Å². The molecule has 2 rings (SSSR count). The predicted molar refractivity (Wildman–Crippen MR) is 54.9 cm³/mol. The van der Waals surface area contributed by atoms with Crippen LogP contribution in [0.4, 0.5) is 11.4 Å². The average Bonchev–Trinajstić information content (AvgIpc) is 2.71. The summed E-state index contributed by atoms with van der Waals surface area (Å²) in [5.74, 6) is 0. The maximum Gasteiger partial charge on any atom is 0.0876 e. The molecule has 3 nitrogen and oxygen atoms in total. The second-order valence-electron chi connectivity index (χ2n) is 3.71. The second-order valence-corrected chi connectivity index (χ2v) is 3.71. The second kappa shape index (κ2) is 2.72. The van der Waals surface area contributed by atoms with E-state index in [1.807, 2.05) is 19.1 Å². The van der Waals surface area contributed by atoms with Gasteiger partial charge >= 0.3 is 0 Å². The Morgan fingerprint density at radius 1 is 1.23 bits per heavy atom. The van der Waals surface area contributed by atoms with Crippen molar-refractivity contribution >= 4 is 11.4 Å². The fourth-order valence-electron chi connectivity index (χ4n) is 1.51. The van der Waals surface area contributed by atoms with Crippen LogP contribution in [-0.4, -0.2) is 19.1 Å². The van der Waals surface area contributed by atoms with Gasteiger partial charge in [0.2, 0.25) is 0 Å². The van der Waals surface area contributed by atoms with Crippen molar-refractivity contribution in [3.63, 3.8) is 0 Å². The Hall–Kier alpha value is -1.06. The summed E-state index contributed by atoms with van der Waals surface area (Å²) in [5.41, 5.74) is 8.55. The molecule has 0 atom stereocenters. The Kier molecular flexibility index (Phi) is 1.78. The highest BCUT2D eigenvalue weighted by Crippen LogP contribution is 2.49. The molecule has 0 amide bonds. The van der Waals surface area contributed by atoms with Crippen LogP contribution in [-0.2, 0) is 0 Å². The van der Waals surface area contributed by atoms with E-state index in [0.29, 0.717) is 0 Å². The maximum atomic E-state index is 3.22. The summed E-state index contributed by atoms with van der Waals surface area (Å²) in [6, 6.07) is 4.31. The first-order valence-electron chi connectivity index (χ1n) is 4.45. The van der Waals surface area contributed by atoms with Crippen LogP contribution < -0.4 is 10.5 Å². The zero-order valence-corrected chi connectivity index (χ0v) is 8.55. The van der Waals surface area contributed by atoms with E-state index in [1.165, 1.54) is 22.5 Å². The predicted octanol–water partition coefficient (Wildman–Crippen LogP) is 1.74. The van der Waals surface area contributed by atoms with Gasteiger partial charge in [0.15, 0.2) is 0 Å². The smallest absolute Gasteiger partial charge is 0.0876 e. The molecule has 0 unspecified atom stereocenters. The standard InChI is InChI=1S/C10H15N3/c1-7-5-6-9-10(8(7)2)13(9)11-12(3)4/h5-6,11H,1-4H3. The molecule has 0 aliphatic carbocycles. The van der Waals surface area contributed by atoms with E-state index in [2.05, 4.69) is 36.5 Å². The molecule has 1 N–H and O–H groups in total. The van der Waals surface area contributed by atoms with Crippen LogP contribution in [0.2, 0.25) is 0 Å². The number of rotatable bonds is 2. The van der Waals surface area contributed by atoms with E-state index < -0.39 is 0 Å². The molecule has 0 spiro atoms. The van der Waals surface area contributed by atoms with Gasteiger partial charge < -0.3 is 0 Å². The lowest BCUT2D eigenvalue weighted by Crippen LogP contribution is -2.36. The molecule has 0 radical (unpaired) electrons. The fourth-order valence-corrected chi connectivity index (χ4v) is 1.51. The zero-order chi connectivity index (χ0) is 9.59. The van der Waals surface area contributed by atoms with Gasteiger partial charge in [-0.2, -0.15) is 5.53 Å². The van der Waals surface area contributed by atoms with Gasteiger partial charge in [0.05, 0.1) is 11.4 Å². The van der Waals surface area contributed by atoms with Gasteiger partial charge in [-0.15, -0.1) is 0 Å². The molecule has 0 bridgehead atoms. The highest BCUT2D eigenvalue weighted by Gasteiger charge is 2.31. The van der Waals surface area contributed by atoms with Gasteiger partial charge in [-0.3, -0.25) is 5.01 Å². The van der Waals surface area contributed by atoms with Crippen LogP contribution in [0.3, 0.4) is 0 Å². The van der Waals surface area contributed by atoms with Crippen LogP contribution >= 0.6 is 0 Å². The minimum Gasteiger partial charge on any atom is -0.259 e. The first-order chi connectivity index (χ1) is 6.11. The summed E-state index contributed by atoms with van der Waals surface area (Å²) in [4.78, 5) is 0. The molecular formula is C10H15N3. The lowest BCUT2D eigenvalue weighted by atomic mass is 10.1. The van der Waals surface area contributed by atoms with Crippen molar-refractivity contribution in [1.82, 2.24) is 10.5 Å². The third kappa shape index (κ3) is 1.30. The molecule has 1 aliphatic heterocycles. The monoisotopic (exact) mass is 177 g/mol. The van der Waals surface area contributed by atoms with Crippen LogP contribution in [0.15, 0.2) is 12.1 Å². The van der Waals surface area contributed by atoms with Crippen LogP contribution in [0.5, 0.6) is 0 Å². The summed E-state index contributed by atoms with van der Waals surface area (Å²) in [6.45, 7) is 4.30. The number of aryl methyl sites for hydroxylation is 1. The van der Waals surface area contributed by atoms with Crippen molar-refractivity contribution in [2.24, 2.45) is 0 Å². The van der Waals surface area contributed by atoms with Gasteiger partial charge in [-0.1, -0.05) is 6.07 Å². The number of hydrazine groups is 2. The van der Waals surface area contributed by atoms with Crippen molar-refractivity contribution in [3.05, 3.63) is 23.3 Å². The fraction of sp³-hybridized carbons (Fsp3) is 0.400. The van der Waals surface area contributed by atoms with Gasteiger partial charge in [-0.05, 0) is 31.0 Å². The Balaban J connectivity index is 2.23. The number of benzene rings is 1. The minimum absolute atomic E-state index is 1.29. The zero-order valence-electron chi connectivity index (χ0n) is 8.55. The van der Waals surface area contributed by atoms with Crippen molar-refractivity contribution in [3.8, 4) is 0 Å². The van der Waals surface area contributed by atoms with E-state index in [1.54, 1.807) is 0 Å². The van der Waals surface area contributed by atoms with Gasteiger partial charge in [0.1, 0.15) is 0 Å². The molecule has 0 saturated carbocycles. The van der Waals surface area contributed by atoms with E-state index in [9.17, 15) is 0 Å². The third-order valence-electron chi connectivity index (χ3n) is 2.40. The first kappa shape index (κ1) is 8.53. The number of hydrogen-bond donors (Lipinski definition) is 1. The van der Waals surface area contributed by atoms with E-state index in [4.69, 9.17) is 0 Å². The minimum atomic E-state index is 1.29. The molecular weight excluding hydrogens is 162 g/mol. The molecule has 1 aromatic carbocycles. The number of anilines is 2. The topological polar surface area (TPSA) is 18.3 Å². The number of fused-ring (bicyclic) bond motifs is 1. The number of nitrogens with zero attached hydrogens (tertiary/aromatic N) is 2. The third-order valence-corrected chi connectivity index (χ3v) is 2.40. The Morgan fingerprint density at radius 2 is 1.92 bits per heavy atom. The van der Waals surface area contributed by atoms with E-state index in [-0.39, 0.29) is 0 Å². The molecule has 13 heavy (non-hydrogen) atoms. The summed E-state index contributed by atoms with van der Waals surface area (Å²) < 4.78 is 0. The molecule has 1 aromatic rings. The lowest BCUT2D eigenvalue weighted by molar-refractivity contribution is 0.302. The number of nitrogens with one attached hydrogen (secondary N) is 1. The highest BCUT2D eigenvalue weighted by molar-refractivity contribution is 5.94. The van der Waals surface area contributed by atoms with Crippen LogP contribution in [0, 0.1) is 13.8 Å². The SMILES string of the molecule is Cc1ccc2c(c1C)N2NN(C)C. The first-order valence-corrected chi connectivity index (χ1v) is 4.45. The molecule has 1 heterocycles. The quantitative estimate of drug-likeness (QED) is 0.548. The average molecular weight is 177 g/mol. The van der Waals surface area contributed by atoms with Crippen molar-refractivity contribution in [2.45, 2.75) is 13.8 Å². The molecule has 0 fully saturated rings. The lowest BCUT2D eigenvalue weighted by Gasteiger charge is -2.12. The normalized spacial score (nSPS) is 13.5. The molecule has 0 aromatic heterocycles. The maximum absolute atomic E-state index is 3.22. The summed E-state index contributed by atoms with van der Waals surface area (Å²) in [5, 5.41) is 4.04. The summed E-state index contributed by atoms with van der Waals surface area (Å²) in [6.07, 6.45) is 0. The van der Waals surface area contributed by atoms with Crippen LogP contribution in [0.25, 0.3) is 0 Å². The van der Waals surface area contributed by atoms with Crippen molar-refractivity contribution < 1.29 is 0 Å². The number of hydrogen-bond acceptors (Lipinski definition) is 3. The largest absolute Gasteiger partial charge is 0.259 e. The van der Waals surface area contributed by atoms with Crippen molar-refractivity contribution in [2.75, 3.05) is 19.1 Å². The summed E-state index contributed by atoms with van der Waals surface area (Å²) >= 11 is 0. The molecule has 70 valence electrons. The molecule has 3 heteroatoms. The van der Waals surface area contributed by atoms with Gasteiger partial charge in [0.25, 0.3) is 0 Å². The van der Waals surface area contributed by atoms with Crippen molar-refractivity contribution in [1.29, 1.82) is 0 Å². The van der Waals surface area contributed by atoms with Crippen LogP contribution in [0.1, 0.15) is 11.1 Å². The Labute approximate surface area is 78.9 Å². The highest BCUT2D eigenvalue weighted by atomic mass is 15.8.